The highest BCUT2D eigenvalue weighted by molar-refractivity contribution is 9.10. The Hall–Kier alpha value is -3.97. The molecule has 1 amide bonds. The molecule has 1 saturated heterocycles. The molecule has 2 aliphatic heterocycles. The normalized spacial score (nSPS) is 15.0. The molecule has 2 aromatic carbocycles. The van der Waals surface area contributed by atoms with Gasteiger partial charge in [0.1, 0.15) is 6.33 Å². The summed E-state index contributed by atoms with van der Waals surface area (Å²) in [6, 6.07) is 12.6. The molecule has 3 heterocycles. The van der Waals surface area contributed by atoms with Crippen molar-refractivity contribution in [1.82, 2.24) is 20.3 Å². The second-order valence-corrected chi connectivity index (χ2v) is 9.10. The summed E-state index contributed by atoms with van der Waals surface area (Å²) in [5.41, 5.74) is 6.25. The number of amides is 1. The molecule has 2 N–H and O–H groups in total. The number of aromatic nitrogens is 2. The van der Waals surface area contributed by atoms with Crippen LogP contribution in [0.25, 0.3) is 0 Å². The number of nitro groups is 1. The monoisotopic (exact) mass is 555 g/mol. The molecular formula is C23H22BrN7O5. The predicted molar refractivity (Wildman–Crippen MR) is 134 cm³/mol. The maximum Gasteiger partial charge on any atom is 0.355 e. The average molecular weight is 556 g/mol. The van der Waals surface area contributed by atoms with Crippen molar-refractivity contribution in [2.24, 2.45) is 0 Å². The molecule has 0 spiro atoms. The van der Waals surface area contributed by atoms with Gasteiger partial charge in [0.2, 0.25) is 18.4 Å². The number of benzene rings is 2. The lowest BCUT2D eigenvalue weighted by atomic mass is 10.1. The lowest BCUT2D eigenvalue weighted by Crippen LogP contribution is -2.46. The number of nitrogens with zero attached hydrogens (tertiary/aromatic N) is 5. The van der Waals surface area contributed by atoms with Crippen molar-refractivity contribution in [1.29, 1.82) is 0 Å². The second-order valence-electron chi connectivity index (χ2n) is 8.19. The van der Waals surface area contributed by atoms with E-state index in [-0.39, 0.29) is 24.1 Å². The van der Waals surface area contributed by atoms with E-state index in [2.05, 4.69) is 41.6 Å². The number of hydrogen-bond donors (Lipinski definition) is 2. The summed E-state index contributed by atoms with van der Waals surface area (Å²) in [4.78, 5) is 36.1. The van der Waals surface area contributed by atoms with Crippen molar-refractivity contribution in [2.75, 3.05) is 43.3 Å². The number of hydrazine groups is 1. The van der Waals surface area contributed by atoms with Gasteiger partial charge in [0.25, 0.3) is 5.91 Å². The van der Waals surface area contributed by atoms with Crippen LogP contribution in [0.4, 0.5) is 17.3 Å². The van der Waals surface area contributed by atoms with Gasteiger partial charge in [0, 0.05) is 42.8 Å². The third-order valence-electron chi connectivity index (χ3n) is 5.90. The van der Waals surface area contributed by atoms with Crippen LogP contribution in [0.5, 0.6) is 11.5 Å². The summed E-state index contributed by atoms with van der Waals surface area (Å²) in [6.07, 6.45) is 1.25. The van der Waals surface area contributed by atoms with Crippen molar-refractivity contribution in [3.05, 3.63) is 74.5 Å². The lowest BCUT2D eigenvalue weighted by Gasteiger charge is -2.35. The molecule has 0 bridgehead atoms. The summed E-state index contributed by atoms with van der Waals surface area (Å²) in [5.74, 6) is 1.16. The van der Waals surface area contributed by atoms with Crippen LogP contribution < -0.4 is 25.2 Å². The zero-order valence-corrected chi connectivity index (χ0v) is 20.6. The standard InChI is InChI=1S/C23H22BrN7O5/c24-17-4-2-16(3-5-17)23(32)28-27-21-20(31(33)34)22(26-13-25-21)30-9-7-29(8-10-30)12-15-1-6-18-19(11-15)36-14-35-18/h1-6,11,13H,7-10,12,14H2,(H,28,32)(H,25,26,27). The molecule has 0 radical (unpaired) electrons. The molecule has 0 unspecified atom stereocenters. The number of carbonyl (C=O) groups is 1. The third kappa shape index (κ3) is 5.16. The van der Waals surface area contributed by atoms with Crippen molar-refractivity contribution in [3.8, 4) is 11.5 Å². The third-order valence-corrected chi connectivity index (χ3v) is 6.43. The van der Waals surface area contributed by atoms with E-state index in [1.807, 2.05) is 23.1 Å². The molecule has 0 saturated carbocycles. The molecule has 1 fully saturated rings. The second kappa shape index (κ2) is 10.3. The topological polar surface area (TPSA) is 135 Å². The van der Waals surface area contributed by atoms with Crippen LogP contribution in [-0.4, -0.2) is 58.7 Å². The fourth-order valence-electron chi connectivity index (χ4n) is 4.07. The summed E-state index contributed by atoms with van der Waals surface area (Å²) >= 11 is 3.32. The zero-order valence-electron chi connectivity index (χ0n) is 19.0. The molecule has 0 atom stereocenters. The zero-order chi connectivity index (χ0) is 25.1. The highest BCUT2D eigenvalue weighted by atomic mass is 79.9. The van der Waals surface area contributed by atoms with Crippen LogP contribution in [0.3, 0.4) is 0 Å². The van der Waals surface area contributed by atoms with Gasteiger partial charge in [-0.15, -0.1) is 0 Å². The largest absolute Gasteiger partial charge is 0.454 e. The predicted octanol–water partition coefficient (Wildman–Crippen LogP) is 2.96. The molecule has 3 aromatic rings. The minimum Gasteiger partial charge on any atom is -0.454 e. The van der Waals surface area contributed by atoms with E-state index in [1.54, 1.807) is 24.3 Å². The molecule has 12 nitrogen and oxygen atoms in total. The summed E-state index contributed by atoms with van der Waals surface area (Å²) < 4.78 is 11.6. The van der Waals surface area contributed by atoms with Gasteiger partial charge in [0.15, 0.2) is 11.5 Å². The first-order valence-corrected chi connectivity index (χ1v) is 11.9. The highest BCUT2D eigenvalue weighted by Crippen LogP contribution is 2.34. The molecular weight excluding hydrogens is 534 g/mol. The van der Waals surface area contributed by atoms with Gasteiger partial charge in [-0.3, -0.25) is 30.7 Å². The van der Waals surface area contributed by atoms with E-state index in [1.165, 1.54) is 6.33 Å². The number of hydrogen-bond acceptors (Lipinski definition) is 10. The number of carbonyl (C=O) groups excluding carboxylic acids is 1. The Bertz CT molecular complexity index is 1280. The first-order valence-electron chi connectivity index (χ1n) is 11.1. The maximum atomic E-state index is 12.4. The summed E-state index contributed by atoms with van der Waals surface area (Å²) in [6.45, 7) is 3.45. The van der Waals surface area contributed by atoms with Crippen LogP contribution in [0.15, 0.2) is 53.3 Å². The van der Waals surface area contributed by atoms with E-state index >= 15 is 0 Å². The summed E-state index contributed by atoms with van der Waals surface area (Å²) in [5, 5.41) is 11.9. The fraction of sp³-hybridized carbons (Fsp3) is 0.261. The number of ether oxygens (including phenoxy) is 2. The Kier molecular flexibility index (Phi) is 6.82. The minimum atomic E-state index is -0.539. The first-order chi connectivity index (χ1) is 17.5. The number of fused-ring (bicyclic) bond motifs is 1. The Labute approximate surface area is 214 Å². The van der Waals surface area contributed by atoms with Crippen LogP contribution in [0.1, 0.15) is 15.9 Å². The van der Waals surface area contributed by atoms with E-state index < -0.39 is 10.8 Å². The van der Waals surface area contributed by atoms with Crippen LogP contribution in [0.2, 0.25) is 0 Å². The Balaban J connectivity index is 1.24. The SMILES string of the molecule is O=C(NNc1ncnc(N2CCN(Cc3ccc4c(c3)OCO4)CC2)c1[N+](=O)[O-])c1ccc(Br)cc1. The van der Waals surface area contributed by atoms with E-state index in [9.17, 15) is 14.9 Å². The average Bonchev–Trinajstić information content (AvgIpc) is 3.36. The summed E-state index contributed by atoms with van der Waals surface area (Å²) in [7, 11) is 0. The Morgan fingerprint density at radius 2 is 1.81 bits per heavy atom. The first kappa shape index (κ1) is 23.8. The van der Waals surface area contributed by atoms with E-state index in [0.717, 1.165) is 28.1 Å². The fourth-order valence-corrected chi connectivity index (χ4v) is 4.33. The van der Waals surface area contributed by atoms with Gasteiger partial charge >= 0.3 is 5.69 Å². The van der Waals surface area contributed by atoms with E-state index in [0.29, 0.717) is 31.7 Å². The molecule has 186 valence electrons. The van der Waals surface area contributed by atoms with Crippen molar-refractivity contribution >= 4 is 39.2 Å². The number of piperazine rings is 1. The maximum absolute atomic E-state index is 12.4. The minimum absolute atomic E-state index is 0.0850. The molecule has 5 rings (SSSR count). The van der Waals surface area contributed by atoms with Gasteiger partial charge in [-0.25, -0.2) is 9.97 Å². The number of halogens is 1. The van der Waals surface area contributed by atoms with Gasteiger partial charge in [-0.2, -0.15) is 0 Å². The van der Waals surface area contributed by atoms with Gasteiger partial charge < -0.3 is 14.4 Å². The Morgan fingerprint density at radius 1 is 1.06 bits per heavy atom. The van der Waals surface area contributed by atoms with Crippen molar-refractivity contribution in [2.45, 2.75) is 6.54 Å². The number of rotatable bonds is 7. The highest BCUT2D eigenvalue weighted by Gasteiger charge is 2.29. The smallest absolute Gasteiger partial charge is 0.355 e. The quantitative estimate of drug-likeness (QED) is 0.330. The van der Waals surface area contributed by atoms with Gasteiger partial charge in [-0.05, 0) is 42.0 Å². The van der Waals surface area contributed by atoms with Gasteiger partial charge in [-0.1, -0.05) is 22.0 Å². The molecule has 2 aliphatic rings. The lowest BCUT2D eigenvalue weighted by molar-refractivity contribution is -0.383. The number of nitrogens with one attached hydrogen (secondary N) is 2. The molecule has 13 heteroatoms. The van der Waals surface area contributed by atoms with Crippen LogP contribution >= 0.6 is 15.9 Å². The number of anilines is 2. The van der Waals surface area contributed by atoms with Crippen LogP contribution in [-0.2, 0) is 6.54 Å². The van der Waals surface area contributed by atoms with Crippen molar-refractivity contribution in [3.63, 3.8) is 0 Å². The molecule has 0 aliphatic carbocycles. The van der Waals surface area contributed by atoms with Gasteiger partial charge in [0.05, 0.1) is 4.92 Å². The Morgan fingerprint density at radius 3 is 2.56 bits per heavy atom. The van der Waals surface area contributed by atoms with Crippen molar-refractivity contribution < 1.29 is 19.2 Å². The molecule has 1 aromatic heterocycles. The molecule has 36 heavy (non-hydrogen) atoms. The van der Waals surface area contributed by atoms with Crippen LogP contribution in [0, 0.1) is 10.1 Å². The van der Waals surface area contributed by atoms with E-state index in [4.69, 9.17) is 9.47 Å².